The smallest absolute Gasteiger partial charge is 0.485 e. The van der Waals surface area contributed by atoms with E-state index in [-0.39, 0.29) is 0 Å². The molecular formula is C11H13F3O3S2. The van der Waals surface area contributed by atoms with Gasteiger partial charge in [-0.25, -0.2) is 8.42 Å². The summed E-state index contributed by atoms with van der Waals surface area (Å²) in [5.74, 6) is 2.87. The predicted molar refractivity (Wildman–Crippen MR) is 66.8 cm³/mol. The minimum absolute atomic E-state index is 0.609. The van der Waals surface area contributed by atoms with Crippen LogP contribution in [0.4, 0.5) is 13.2 Å². The number of rotatable bonds is 1. The SMILES string of the molecule is O=S(=O)([O-])C(F)(F)F.c1ccc([S+]2CCCC2)cc1. The molecule has 1 aliphatic rings. The minimum atomic E-state index is -6.09. The standard InChI is InChI=1S/C10H13S.CHF3O3S/c1-2-6-10(7-3-1)11-8-4-5-9-11;2-1(3,4)8(5,6)7/h1-3,6-7H,4-5,8-9H2;(H,5,6,7)/q+1;/p-1. The van der Waals surface area contributed by atoms with E-state index in [9.17, 15) is 13.2 Å². The minimum Gasteiger partial charge on any atom is -0.741 e. The summed E-state index contributed by atoms with van der Waals surface area (Å²) >= 11 is 0. The summed E-state index contributed by atoms with van der Waals surface area (Å²) in [6.45, 7) is 0. The van der Waals surface area contributed by atoms with Crippen molar-refractivity contribution >= 4 is 21.0 Å². The molecule has 0 amide bonds. The molecule has 1 fully saturated rings. The molecule has 1 heterocycles. The van der Waals surface area contributed by atoms with Gasteiger partial charge in [-0.1, -0.05) is 18.2 Å². The average Bonchev–Trinajstić information content (AvgIpc) is 2.81. The van der Waals surface area contributed by atoms with E-state index in [1.54, 1.807) is 4.90 Å². The molecule has 2 rings (SSSR count). The highest BCUT2D eigenvalue weighted by Gasteiger charge is 2.36. The molecule has 1 aromatic rings. The van der Waals surface area contributed by atoms with Crippen LogP contribution >= 0.6 is 0 Å². The van der Waals surface area contributed by atoms with Crippen LogP contribution < -0.4 is 0 Å². The summed E-state index contributed by atoms with van der Waals surface area (Å²) in [6.07, 6.45) is 2.88. The summed E-state index contributed by atoms with van der Waals surface area (Å²) in [4.78, 5) is 1.57. The van der Waals surface area contributed by atoms with Gasteiger partial charge in [0, 0.05) is 10.9 Å². The Bertz CT molecular complexity index is 480. The molecule has 0 spiro atoms. The van der Waals surface area contributed by atoms with Gasteiger partial charge in [0.2, 0.25) is 0 Å². The second-order valence-corrected chi connectivity index (χ2v) is 7.47. The van der Waals surface area contributed by atoms with Gasteiger partial charge in [-0.3, -0.25) is 0 Å². The number of halogens is 3. The summed E-state index contributed by atoms with van der Waals surface area (Å²) in [6, 6.07) is 11.0. The Morgan fingerprint density at radius 2 is 1.47 bits per heavy atom. The Morgan fingerprint density at radius 3 is 1.84 bits per heavy atom. The number of alkyl halides is 3. The zero-order valence-corrected chi connectivity index (χ0v) is 11.5. The lowest BCUT2D eigenvalue weighted by molar-refractivity contribution is -0.0517. The normalized spacial score (nSPS) is 16.8. The zero-order chi connectivity index (χ0) is 14.5. The van der Waals surface area contributed by atoms with Crippen molar-refractivity contribution in [1.29, 1.82) is 0 Å². The van der Waals surface area contributed by atoms with Gasteiger partial charge in [-0.2, -0.15) is 13.2 Å². The third-order valence-electron chi connectivity index (χ3n) is 2.39. The van der Waals surface area contributed by atoms with Crippen LogP contribution in [0.2, 0.25) is 0 Å². The van der Waals surface area contributed by atoms with Crippen molar-refractivity contribution in [2.45, 2.75) is 23.2 Å². The van der Waals surface area contributed by atoms with Crippen LogP contribution in [0.3, 0.4) is 0 Å². The van der Waals surface area contributed by atoms with Crippen molar-refractivity contribution in [3.05, 3.63) is 30.3 Å². The summed E-state index contributed by atoms with van der Waals surface area (Å²) < 4.78 is 58.9. The molecule has 0 aliphatic carbocycles. The van der Waals surface area contributed by atoms with Gasteiger partial charge >= 0.3 is 5.51 Å². The highest BCUT2D eigenvalue weighted by atomic mass is 32.2. The van der Waals surface area contributed by atoms with Crippen LogP contribution in [0.1, 0.15) is 12.8 Å². The summed E-state index contributed by atoms with van der Waals surface area (Å²) in [5.41, 5.74) is -5.65. The Kier molecular flexibility index (Phi) is 5.69. The molecular weight excluding hydrogens is 301 g/mol. The van der Waals surface area contributed by atoms with E-state index in [4.69, 9.17) is 13.0 Å². The second-order valence-electron chi connectivity index (χ2n) is 3.82. The van der Waals surface area contributed by atoms with Gasteiger partial charge < -0.3 is 4.55 Å². The van der Waals surface area contributed by atoms with E-state index in [0.717, 1.165) is 0 Å². The largest absolute Gasteiger partial charge is 0.741 e. The van der Waals surface area contributed by atoms with Crippen LogP contribution in [0, 0.1) is 0 Å². The van der Waals surface area contributed by atoms with Crippen LogP contribution in [-0.2, 0) is 21.0 Å². The van der Waals surface area contributed by atoms with Crippen molar-refractivity contribution in [3.63, 3.8) is 0 Å². The highest BCUT2D eigenvalue weighted by Crippen LogP contribution is 2.22. The van der Waals surface area contributed by atoms with Gasteiger partial charge in [-0.15, -0.1) is 0 Å². The van der Waals surface area contributed by atoms with Gasteiger partial charge in [-0.05, 0) is 25.0 Å². The molecule has 0 radical (unpaired) electrons. The maximum Gasteiger partial charge on any atom is 0.485 e. The van der Waals surface area contributed by atoms with Crippen molar-refractivity contribution in [2.75, 3.05) is 11.5 Å². The molecule has 8 heteroatoms. The first-order valence-electron chi connectivity index (χ1n) is 5.46. The fourth-order valence-corrected chi connectivity index (χ4v) is 3.83. The van der Waals surface area contributed by atoms with Crippen LogP contribution in [0.15, 0.2) is 35.2 Å². The highest BCUT2D eigenvalue weighted by molar-refractivity contribution is 7.97. The monoisotopic (exact) mass is 314 g/mol. The summed E-state index contributed by atoms with van der Waals surface area (Å²) in [5, 5.41) is 0. The first-order chi connectivity index (χ1) is 8.72. The fourth-order valence-electron chi connectivity index (χ4n) is 1.50. The topological polar surface area (TPSA) is 57.2 Å². The first-order valence-corrected chi connectivity index (χ1v) is 8.43. The van der Waals surface area contributed by atoms with Crippen molar-refractivity contribution in [3.8, 4) is 0 Å². The van der Waals surface area contributed by atoms with E-state index in [1.807, 2.05) is 0 Å². The molecule has 0 bridgehead atoms. The number of hydrogen-bond donors (Lipinski definition) is 0. The van der Waals surface area contributed by atoms with Gasteiger partial charge in [0.05, 0.1) is 0 Å². The van der Waals surface area contributed by atoms with E-state index < -0.39 is 15.6 Å². The number of benzene rings is 1. The maximum atomic E-state index is 10.7. The van der Waals surface area contributed by atoms with E-state index in [2.05, 4.69) is 30.3 Å². The van der Waals surface area contributed by atoms with Gasteiger partial charge in [0.1, 0.15) is 11.5 Å². The number of hydrogen-bond acceptors (Lipinski definition) is 3. The molecule has 0 aromatic heterocycles. The van der Waals surface area contributed by atoms with Crippen LogP contribution in [-0.4, -0.2) is 30.0 Å². The Morgan fingerprint density at radius 1 is 1.05 bits per heavy atom. The predicted octanol–water partition coefficient (Wildman–Crippen LogP) is 2.51. The molecule has 108 valence electrons. The average molecular weight is 314 g/mol. The molecule has 0 atom stereocenters. The van der Waals surface area contributed by atoms with Crippen molar-refractivity contribution in [1.82, 2.24) is 0 Å². The van der Waals surface area contributed by atoms with Gasteiger partial charge in [0.15, 0.2) is 15.0 Å². The molecule has 1 saturated heterocycles. The van der Waals surface area contributed by atoms with Crippen LogP contribution in [0.25, 0.3) is 0 Å². The lowest BCUT2D eigenvalue weighted by Crippen LogP contribution is -2.21. The molecule has 1 aromatic carbocycles. The first kappa shape index (κ1) is 16.3. The van der Waals surface area contributed by atoms with E-state index >= 15 is 0 Å². The second kappa shape index (κ2) is 6.62. The quantitative estimate of drug-likeness (QED) is 0.455. The zero-order valence-electron chi connectivity index (χ0n) is 9.89. The fraction of sp³-hybridized carbons (Fsp3) is 0.455. The Labute approximate surface area is 112 Å². The van der Waals surface area contributed by atoms with E-state index in [1.165, 1.54) is 24.3 Å². The molecule has 0 N–H and O–H groups in total. The van der Waals surface area contributed by atoms with Crippen molar-refractivity contribution < 1.29 is 26.1 Å². The van der Waals surface area contributed by atoms with Gasteiger partial charge in [0.25, 0.3) is 0 Å². The summed E-state index contributed by atoms with van der Waals surface area (Å²) in [7, 11) is -5.48. The lowest BCUT2D eigenvalue weighted by atomic mass is 10.4. The molecule has 0 saturated carbocycles. The third-order valence-corrected chi connectivity index (χ3v) is 5.46. The molecule has 19 heavy (non-hydrogen) atoms. The van der Waals surface area contributed by atoms with Crippen LogP contribution in [0.5, 0.6) is 0 Å². The Hall–Kier alpha value is -0.730. The third kappa shape index (κ3) is 5.42. The molecule has 3 nitrogen and oxygen atoms in total. The maximum absolute atomic E-state index is 10.7. The van der Waals surface area contributed by atoms with E-state index in [0.29, 0.717) is 10.9 Å². The molecule has 1 aliphatic heterocycles. The van der Waals surface area contributed by atoms with Crippen molar-refractivity contribution in [2.24, 2.45) is 0 Å². The molecule has 0 unspecified atom stereocenters. The Balaban J connectivity index is 0.000000203. The lowest BCUT2D eigenvalue weighted by Gasteiger charge is -2.08.